The van der Waals surface area contributed by atoms with Crippen molar-refractivity contribution in [2.24, 2.45) is 0 Å². The number of hydrogen-bond donors (Lipinski definition) is 1. The SMILES string of the molecule is CCOCCOc1ccccc1NC. The average Bonchev–Trinajstić information content (AvgIpc) is 2.25. The maximum absolute atomic E-state index is 5.54. The van der Waals surface area contributed by atoms with Crippen molar-refractivity contribution in [2.75, 3.05) is 32.2 Å². The molecule has 0 aliphatic carbocycles. The van der Waals surface area contributed by atoms with E-state index in [2.05, 4.69) is 5.32 Å². The third kappa shape index (κ3) is 3.26. The van der Waals surface area contributed by atoms with Crippen LogP contribution in [0, 0.1) is 0 Å². The Kier molecular flexibility index (Phi) is 4.86. The summed E-state index contributed by atoms with van der Waals surface area (Å²) in [5.41, 5.74) is 1.00. The van der Waals surface area contributed by atoms with Gasteiger partial charge < -0.3 is 14.8 Å². The Morgan fingerprint density at radius 3 is 2.71 bits per heavy atom. The summed E-state index contributed by atoms with van der Waals surface area (Å²) < 4.78 is 10.7. The molecular weight excluding hydrogens is 178 g/mol. The maximum Gasteiger partial charge on any atom is 0.142 e. The monoisotopic (exact) mass is 195 g/mol. The lowest BCUT2D eigenvalue weighted by Gasteiger charge is -2.10. The second-order valence-corrected chi connectivity index (χ2v) is 2.79. The molecule has 0 unspecified atom stereocenters. The zero-order valence-corrected chi connectivity index (χ0v) is 8.75. The number of anilines is 1. The van der Waals surface area contributed by atoms with Crippen molar-refractivity contribution in [3.8, 4) is 5.75 Å². The second-order valence-electron chi connectivity index (χ2n) is 2.79. The summed E-state index contributed by atoms with van der Waals surface area (Å²) in [6.45, 7) is 3.93. The molecule has 0 saturated carbocycles. The molecule has 0 spiro atoms. The van der Waals surface area contributed by atoms with Gasteiger partial charge >= 0.3 is 0 Å². The maximum atomic E-state index is 5.54. The highest BCUT2D eigenvalue weighted by Crippen LogP contribution is 2.22. The van der Waals surface area contributed by atoms with Gasteiger partial charge in [-0.25, -0.2) is 0 Å². The molecule has 1 rings (SSSR count). The average molecular weight is 195 g/mol. The molecule has 1 N–H and O–H groups in total. The van der Waals surface area contributed by atoms with Crippen molar-refractivity contribution < 1.29 is 9.47 Å². The van der Waals surface area contributed by atoms with Crippen LogP contribution in [-0.2, 0) is 4.74 Å². The van der Waals surface area contributed by atoms with E-state index in [1.165, 1.54) is 0 Å². The summed E-state index contributed by atoms with van der Waals surface area (Å²) in [5.74, 6) is 0.870. The summed E-state index contributed by atoms with van der Waals surface area (Å²) in [6, 6.07) is 7.85. The Hall–Kier alpha value is -1.22. The van der Waals surface area contributed by atoms with Gasteiger partial charge in [-0.1, -0.05) is 12.1 Å². The topological polar surface area (TPSA) is 30.5 Å². The largest absolute Gasteiger partial charge is 0.489 e. The molecule has 3 heteroatoms. The van der Waals surface area contributed by atoms with Crippen molar-refractivity contribution in [3.05, 3.63) is 24.3 Å². The summed E-state index contributed by atoms with van der Waals surface area (Å²) in [7, 11) is 1.88. The Balaban J connectivity index is 2.41. The van der Waals surface area contributed by atoms with Crippen LogP contribution in [0.25, 0.3) is 0 Å². The third-order valence-corrected chi connectivity index (χ3v) is 1.85. The number of nitrogens with one attached hydrogen (secondary N) is 1. The third-order valence-electron chi connectivity index (χ3n) is 1.85. The van der Waals surface area contributed by atoms with Gasteiger partial charge in [0.05, 0.1) is 12.3 Å². The number of ether oxygens (including phenoxy) is 2. The molecule has 0 aliphatic rings. The molecule has 1 aromatic rings. The van der Waals surface area contributed by atoms with Crippen LogP contribution < -0.4 is 10.1 Å². The van der Waals surface area contributed by atoms with Crippen molar-refractivity contribution in [1.29, 1.82) is 0 Å². The highest BCUT2D eigenvalue weighted by Gasteiger charge is 1.99. The minimum atomic E-state index is 0.590. The van der Waals surface area contributed by atoms with Crippen molar-refractivity contribution >= 4 is 5.69 Å². The molecule has 0 aliphatic heterocycles. The zero-order chi connectivity index (χ0) is 10.2. The molecule has 0 amide bonds. The van der Waals surface area contributed by atoms with Gasteiger partial charge in [-0.05, 0) is 19.1 Å². The van der Waals surface area contributed by atoms with E-state index in [0.717, 1.165) is 18.0 Å². The van der Waals surface area contributed by atoms with Gasteiger partial charge in [-0.2, -0.15) is 0 Å². The van der Waals surface area contributed by atoms with Crippen LogP contribution >= 0.6 is 0 Å². The molecule has 0 heterocycles. The Bertz CT molecular complexity index is 263. The van der Waals surface area contributed by atoms with E-state index in [9.17, 15) is 0 Å². The van der Waals surface area contributed by atoms with Crippen molar-refractivity contribution in [1.82, 2.24) is 0 Å². The number of para-hydroxylation sites is 2. The van der Waals surface area contributed by atoms with E-state index < -0.39 is 0 Å². The van der Waals surface area contributed by atoms with E-state index in [4.69, 9.17) is 9.47 Å². The smallest absolute Gasteiger partial charge is 0.142 e. The number of benzene rings is 1. The van der Waals surface area contributed by atoms with Gasteiger partial charge in [0.2, 0.25) is 0 Å². The Labute approximate surface area is 85.0 Å². The first kappa shape index (κ1) is 10.9. The molecule has 78 valence electrons. The first-order chi connectivity index (χ1) is 6.88. The lowest BCUT2D eigenvalue weighted by atomic mass is 10.3. The predicted molar refractivity (Wildman–Crippen MR) is 58.0 cm³/mol. The van der Waals surface area contributed by atoms with E-state index in [0.29, 0.717) is 13.2 Å². The molecule has 0 fully saturated rings. The molecule has 0 aromatic heterocycles. The van der Waals surface area contributed by atoms with Gasteiger partial charge in [0.1, 0.15) is 12.4 Å². The summed E-state index contributed by atoms with van der Waals surface area (Å²) in [6.07, 6.45) is 0. The fourth-order valence-electron chi connectivity index (χ4n) is 1.15. The second kappa shape index (κ2) is 6.27. The van der Waals surface area contributed by atoms with E-state index in [-0.39, 0.29) is 0 Å². The highest BCUT2D eigenvalue weighted by atomic mass is 16.5. The Morgan fingerprint density at radius 1 is 1.21 bits per heavy atom. The van der Waals surface area contributed by atoms with Gasteiger partial charge in [0.15, 0.2) is 0 Å². The van der Waals surface area contributed by atoms with Crippen LogP contribution in [-0.4, -0.2) is 26.9 Å². The molecule has 0 bridgehead atoms. The minimum Gasteiger partial charge on any atom is -0.489 e. The summed E-state index contributed by atoms with van der Waals surface area (Å²) >= 11 is 0. The molecule has 14 heavy (non-hydrogen) atoms. The molecule has 0 radical (unpaired) electrons. The molecular formula is C11H17NO2. The van der Waals surface area contributed by atoms with Crippen molar-refractivity contribution in [3.63, 3.8) is 0 Å². The quantitative estimate of drug-likeness (QED) is 0.705. The summed E-state index contributed by atoms with van der Waals surface area (Å²) in [5, 5.41) is 3.07. The fourth-order valence-corrected chi connectivity index (χ4v) is 1.15. The van der Waals surface area contributed by atoms with Crippen LogP contribution in [0.3, 0.4) is 0 Å². The number of rotatable bonds is 6. The zero-order valence-electron chi connectivity index (χ0n) is 8.75. The summed E-state index contributed by atoms with van der Waals surface area (Å²) in [4.78, 5) is 0. The van der Waals surface area contributed by atoms with E-state index in [1.807, 2.05) is 38.2 Å². The van der Waals surface area contributed by atoms with Crippen LogP contribution in [0.5, 0.6) is 5.75 Å². The van der Waals surface area contributed by atoms with Crippen molar-refractivity contribution in [2.45, 2.75) is 6.92 Å². The standard InChI is InChI=1S/C11H17NO2/c1-3-13-8-9-14-11-7-5-4-6-10(11)12-2/h4-7,12H,3,8-9H2,1-2H3. The molecule has 3 nitrogen and oxygen atoms in total. The molecule has 0 atom stereocenters. The fraction of sp³-hybridized carbons (Fsp3) is 0.455. The normalized spacial score (nSPS) is 9.86. The van der Waals surface area contributed by atoms with Crippen LogP contribution in [0.1, 0.15) is 6.92 Å². The molecule has 1 aromatic carbocycles. The van der Waals surface area contributed by atoms with Gasteiger partial charge in [0, 0.05) is 13.7 Å². The van der Waals surface area contributed by atoms with Gasteiger partial charge in [-0.3, -0.25) is 0 Å². The lowest BCUT2D eigenvalue weighted by molar-refractivity contribution is 0.110. The molecule has 0 saturated heterocycles. The first-order valence-electron chi connectivity index (χ1n) is 4.85. The van der Waals surface area contributed by atoms with Crippen LogP contribution in [0.15, 0.2) is 24.3 Å². The van der Waals surface area contributed by atoms with Gasteiger partial charge in [0.25, 0.3) is 0 Å². The van der Waals surface area contributed by atoms with Crippen LogP contribution in [0.2, 0.25) is 0 Å². The first-order valence-corrected chi connectivity index (χ1v) is 4.85. The Morgan fingerprint density at radius 2 is 2.00 bits per heavy atom. The number of hydrogen-bond acceptors (Lipinski definition) is 3. The minimum absolute atomic E-state index is 0.590. The van der Waals surface area contributed by atoms with Gasteiger partial charge in [-0.15, -0.1) is 0 Å². The highest BCUT2D eigenvalue weighted by molar-refractivity contribution is 5.55. The van der Waals surface area contributed by atoms with E-state index >= 15 is 0 Å². The predicted octanol–water partition coefficient (Wildman–Crippen LogP) is 2.14. The van der Waals surface area contributed by atoms with Crippen LogP contribution in [0.4, 0.5) is 5.69 Å². The lowest BCUT2D eigenvalue weighted by Crippen LogP contribution is -2.07. The van der Waals surface area contributed by atoms with E-state index in [1.54, 1.807) is 0 Å².